The average Bonchev–Trinajstić information content (AvgIpc) is 3.37. The van der Waals surface area contributed by atoms with Crippen LogP contribution in [0.25, 0.3) is 10.8 Å². The standard InChI is InChI=1S/C26H24N2O6S2/c1-3-34-20-13-11-19(12-14-20)27-24(29)17-28(22-15-16-35-25(22)26(30)33-2)36(31,32)23-10-6-8-18-7-4-5-9-21(18)23/h4-16H,3,17H2,1-2H3,(H,27,29). The van der Waals surface area contributed by atoms with Crippen molar-refractivity contribution in [3.8, 4) is 5.75 Å². The van der Waals surface area contributed by atoms with Crippen LogP contribution < -0.4 is 14.4 Å². The molecule has 1 aromatic heterocycles. The maximum Gasteiger partial charge on any atom is 0.350 e. The van der Waals surface area contributed by atoms with E-state index in [4.69, 9.17) is 9.47 Å². The maximum absolute atomic E-state index is 14.0. The minimum absolute atomic E-state index is 0.0245. The second kappa shape index (κ2) is 10.8. The van der Waals surface area contributed by atoms with Gasteiger partial charge >= 0.3 is 5.97 Å². The summed E-state index contributed by atoms with van der Waals surface area (Å²) in [6.45, 7) is 1.82. The molecule has 186 valence electrons. The fourth-order valence-electron chi connectivity index (χ4n) is 3.72. The van der Waals surface area contributed by atoms with Crippen molar-refractivity contribution in [2.24, 2.45) is 0 Å². The van der Waals surface area contributed by atoms with E-state index in [1.165, 1.54) is 19.2 Å². The van der Waals surface area contributed by atoms with E-state index in [0.717, 1.165) is 21.0 Å². The average molecular weight is 525 g/mol. The Morgan fingerprint density at radius 1 is 0.972 bits per heavy atom. The van der Waals surface area contributed by atoms with Gasteiger partial charge in [-0.25, -0.2) is 13.2 Å². The van der Waals surface area contributed by atoms with E-state index in [0.29, 0.717) is 23.4 Å². The molecule has 1 amide bonds. The first-order valence-corrected chi connectivity index (χ1v) is 13.4. The molecule has 0 radical (unpaired) electrons. The minimum atomic E-state index is -4.26. The van der Waals surface area contributed by atoms with Crippen LogP contribution in [-0.2, 0) is 19.6 Å². The summed E-state index contributed by atoms with van der Waals surface area (Å²) < 4.78 is 39.2. The van der Waals surface area contributed by atoms with Crippen molar-refractivity contribution in [3.05, 3.63) is 83.1 Å². The second-order valence-electron chi connectivity index (χ2n) is 7.62. The zero-order chi connectivity index (χ0) is 25.7. The van der Waals surface area contributed by atoms with Crippen molar-refractivity contribution in [2.45, 2.75) is 11.8 Å². The number of esters is 1. The molecule has 4 rings (SSSR count). The lowest BCUT2D eigenvalue weighted by molar-refractivity contribution is -0.114. The lowest BCUT2D eigenvalue weighted by Crippen LogP contribution is -2.38. The van der Waals surface area contributed by atoms with E-state index in [1.807, 2.05) is 25.1 Å². The molecule has 10 heteroatoms. The van der Waals surface area contributed by atoms with Crippen molar-refractivity contribution < 1.29 is 27.5 Å². The van der Waals surface area contributed by atoms with Crippen LogP contribution in [0.2, 0.25) is 0 Å². The van der Waals surface area contributed by atoms with Crippen LogP contribution in [0.4, 0.5) is 11.4 Å². The van der Waals surface area contributed by atoms with Gasteiger partial charge in [-0.1, -0.05) is 36.4 Å². The van der Waals surface area contributed by atoms with Crippen molar-refractivity contribution in [1.82, 2.24) is 0 Å². The molecule has 0 aliphatic carbocycles. The lowest BCUT2D eigenvalue weighted by Gasteiger charge is -2.24. The number of fused-ring (bicyclic) bond motifs is 1. The smallest absolute Gasteiger partial charge is 0.350 e. The number of sulfonamides is 1. The van der Waals surface area contributed by atoms with Gasteiger partial charge < -0.3 is 14.8 Å². The molecule has 0 atom stereocenters. The Balaban J connectivity index is 1.73. The molecule has 0 saturated heterocycles. The third kappa shape index (κ3) is 5.19. The Hall–Kier alpha value is -3.89. The van der Waals surface area contributed by atoms with E-state index in [-0.39, 0.29) is 15.5 Å². The fourth-order valence-corrected chi connectivity index (χ4v) is 6.23. The third-order valence-electron chi connectivity index (χ3n) is 5.34. The highest BCUT2D eigenvalue weighted by Crippen LogP contribution is 2.34. The monoisotopic (exact) mass is 524 g/mol. The number of hydrogen-bond donors (Lipinski definition) is 1. The van der Waals surface area contributed by atoms with Gasteiger partial charge in [-0.15, -0.1) is 11.3 Å². The van der Waals surface area contributed by atoms with Gasteiger partial charge in [-0.3, -0.25) is 9.10 Å². The summed E-state index contributed by atoms with van der Waals surface area (Å²) >= 11 is 1.04. The van der Waals surface area contributed by atoms with Crippen LogP contribution in [0.5, 0.6) is 5.75 Å². The van der Waals surface area contributed by atoms with Crippen LogP contribution in [0.1, 0.15) is 16.6 Å². The molecule has 0 fully saturated rings. The number of thiophene rings is 1. The molecule has 8 nitrogen and oxygen atoms in total. The second-order valence-corrected chi connectivity index (χ2v) is 10.4. The van der Waals surface area contributed by atoms with Crippen molar-refractivity contribution >= 4 is 55.4 Å². The number of amides is 1. The summed E-state index contributed by atoms with van der Waals surface area (Å²) in [6, 6.07) is 20.2. The van der Waals surface area contributed by atoms with Crippen molar-refractivity contribution in [3.63, 3.8) is 0 Å². The van der Waals surface area contributed by atoms with Crippen molar-refractivity contribution in [2.75, 3.05) is 29.9 Å². The molecular weight excluding hydrogens is 500 g/mol. The first-order chi connectivity index (χ1) is 17.3. The van der Waals surface area contributed by atoms with Crippen LogP contribution in [0.3, 0.4) is 0 Å². The molecule has 0 bridgehead atoms. The number of hydrogen-bond acceptors (Lipinski definition) is 7. The SMILES string of the molecule is CCOc1ccc(NC(=O)CN(c2ccsc2C(=O)OC)S(=O)(=O)c2cccc3ccccc23)cc1. The summed E-state index contributed by atoms with van der Waals surface area (Å²) in [5, 5.41) is 5.53. The van der Waals surface area contributed by atoms with Gasteiger partial charge in [0, 0.05) is 11.1 Å². The Morgan fingerprint density at radius 2 is 1.69 bits per heavy atom. The third-order valence-corrected chi connectivity index (χ3v) is 8.04. The normalized spacial score (nSPS) is 11.2. The number of nitrogens with one attached hydrogen (secondary N) is 1. The molecule has 36 heavy (non-hydrogen) atoms. The van der Waals surface area contributed by atoms with Gasteiger partial charge in [0.05, 0.1) is 24.3 Å². The van der Waals surface area contributed by atoms with E-state index < -0.39 is 28.4 Å². The molecule has 4 aromatic rings. The highest BCUT2D eigenvalue weighted by Gasteiger charge is 2.32. The predicted molar refractivity (Wildman–Crippen MR) is 140 cm³/mol. The van der Waals surface area contributed by atoms with Crippen LogP contribution in [-0.4, -0.2) is 40.6 Å². The molecular formula is C26H24N2O6S2. The molecule has 0 aliphatic heterocycles. The van der Waals surface area contributed by atoms with E-state index >= 15 is 0 Å². The topological polar surface area (TPSA) is 102 Å². The van der Waals surface area contributed by atoms with Gasteiger partial charge in [0.25, 0.3) is 10.0 Å². The summed E-state index contributed by atoms with van der Waals surface area (Å²) in [4.78, 5) is 25.6. The minimum Gasteiger partial charge on any atom is -0.494 e. The van der Waals surface area contributed by atoms with Gasteiger partial charge in [-0.05, 0) is 54.1 Å². The van der Waals surface area contributed by atoms with Gasteiger partial charge in [-0.2, -0.15) is 0 Å². The molecule has 0 spiro atoms. The summed E-state index contributed by atoms with van der Waals surface area (Å²) in [7, 11) is -3.05. The van der Waals surface area contributed by atoms with Crippen LogP contribution in [0.15, 0.2) is 83.1 Å². The summed E-state index contributed by atoms with van der Waals surface area (Å²) in [5.74, 6) is -0.619. The Morgan fingerprint density at radius 3 is 2.42 bits per heavy atom. The van der Waals surface area contributed by atoms with Crippen LogP contribution >= 0.6 is 11.3 Å². The highest BCUT2D eigenvalue weighted by atomic mass is 32.2. The Kier molecular flexibility index (Phi) is 7.56. The largest absolute Gasteiger partial charge is 0.494 e. The Labute approximate surface area is 213 Å². The number of benzene rings is 3. The van der Waals surface area contributed by atoms with E-state index in [2.05, 4.69) is 5.32 Å². The number of methoxy groups -OCH3 is 1. The quantitative estimate of drug-likeness (QED) is 0.312. The van der Waals surface area contributed by atoms with Crippen LogP contribution in [0, 0.1) is 0 Å². The number of ether oxygens (including phenoxy) is 2. The molecule has 0 saturated carbocycles. The van der Waals surface area contributed by atoms with E-state index in [9.17, 15) is 18.0 Å². The van der Waals surface area contributed by atoms with E-state index in [1.54, 1.807) is 47.8 Å². The predicted octanol–water partition coefficient (Wildman–Crippen LogP) is 4.92. The number of anilines is 2. The molecule has 0 aliphatic rings. The number of rotatable bonds is 9. The lowest BCUT2D eigenvalue weighted by atomic mass is 10.1. The first-order valence-electron chi connectivity index (χ1n) is 11.0. The maximum atomic E-state index is 14.0. The first kappa shape index (κ1) is 25.2. The highest BCUT2D eigenvalue weighted by molar-refractivity contribution is 7.93. The number of carbonyl (C=O) groups is 2. The van der Waals surface area contributed by atoms with Crippen molar-refractivity contribution in [1.29, 1.82) is 0 Å². The fraction of sp³-hybridized carbons (Fsp3) is 0.154. The molecule has 1 N–H and O–H groups in total. The number of carbonyl (C=O) groups excluding carboxylic acids is 2. The summed E-state index contributed by atoms with van der Waals surface area (Å²) in [5.41, 5.74) is 0.547. The van der Waals surface area contributed by atoms with Gasteiger partial charge in [0.15, 0.2) is 0 Å². The Bertz CT molecular complexity index is 1490. The zero-order valence-electron chi connectivity index (χ0n) is 19.6. The summed E-state index contributed by atoms with van der Waals surface area (Å²) in [6.07, 6.45) is 0. The molecule has 1 heterocycles. The van der Waals surface area contributed by atoms with Gasteiger partial charge in [0.2, 0.25) is 5.91 Å². The number of nitrogens with zero attached hydrogens (tertiary/aromatic N) is 1. The molecule has 0 unspecified atom stereocenters. The zero-order valence-corrected chi connectivity index (χ0v) is 21.3. The van der Waals surface area contributed by atoms with Gasteiger partial charge in [0.1, 0.15) is 17.2 Å². The molecule has 3 aromatic carbocycles.